The first-order chi connectivity index (χ1) is 12.2. The van der Waals surface area contributed by atoms with Crippen molar-refractivity contribution in [1.82, 2.24) is 0 Å². The monoisotopic (exact) mass is 354 g/mol. The van der Waals surface area contributed by atoms with Crippen LogP contribution in [0.2, 0.25) is 0 Å². The van der Waals surface area contributed by atoms with E-state index in [0.29, 0.717) is 6.61 Å². The second kappa shape index (κ2) is 6.43. The lowest BCUT2D eigenvalue weighted by Gasteiger charge is -2.35. The third kappa shape index (κ3) is 2.86. The molecule has 0 amide bonds. The molecule has 3 aliphatic heterocycles. The molecule has 25 heavy (non-hydrogen) atoms. The van der Waals surface area contributed by atoms with Crippen LogP contribution in [0.4, 0.5) is 0 Å². The second-order valence-corrected chi connectivity index (χ2v) is 8.28. The number of hydrogen-bond acceptors (Lipinski definition) is 6. The zero-order valence-electron chi connectivity index (χ0n) is 15.1. The van der Waals surface area contributed by atoms with Crippen LogP contribution in [0.1, 0.15) is 64.2 Å². The Hall–Kier alpha value is -0.240. The van der Waals surface area contributed by atoms with Gasteiger partial charge in [-0.25, -0.2) is 0 Å². The fraction of sp³-hybridized carbons (Fsp3) is 1.00. The Bertz CT molecular complexity index is 484. The van der Waals surface area contributed by atoms with Crippen LogP contribution in [0.15, 0.2) is 0 Å². The van der Waals surface area contributed by atoms with Crippen molar-refractivity contribution in [3.63, 3.8) is 0 Å². The Labute approximate surface area is 149 Å². The van der Waals surface area contributed by atoms with Crippen LogP contribution in [0.25, 0.3) is 0 Å². The summed E-state index contributed by atoms with van der Waals surface area (Å²) in [6.45, 7) is 0.565. The Morgan fingerprint density at radius 3 is 2.12 bits per heavy atom. The molecule has 6 nitrogen and oxygen atoms in total. The van der Waals surface area contributed by atoms with E-state index >= 15 is 0 Å². The summed E-state index contributed by atoms with van der Waals surface area (Å²) < 4.78 is 37.1. The van der Waals surface area contributed by atoms with Gasteiger partial charge in [-0.3, -0.25) is 0 Å². The topological polar surface area (TPSA) is 55.4 Å². The first-order valence-corrected chi connectivity index (χ1v) is 10.1. The van der Waals surface area contributed by atoms with Crippen molar-refractivity contribution in [2.24, 2.45) is 0 Å². The van der Waals surface area contributed by atoms with E-state index < -0.39 is 11.6 Å². The summed E-state index contributed by atoms with van der Waals surface area (Å²) in [4.78, 5) is 0. The van der Waals surface area contributed by atoms with E-state index in [1.807, 2.05) is 0 Å². The molecular formula is C19H30O6. The molecule has 5 fully saturated rings. The summed E-state index contributed by atoms with van der Waals surface area (Å²) in [5.41, 5.74) is 0. The maximum absolute atomic E-state index is 6.38. The quantitative estimate of drug-likeness (QED) is 0.760. The molecule has 0 aromatic rings. The van der Waals surface area contributed by atoms with Gasteiger partial charge in [0, 0.05) is 32.8 Å². The molecule has 3 saturated heterocycles. The van der Waals surface area contributed by atoms with Crippen LogP contribution in [-0.2, 0) is 28.4 Å². The van der Waals surface area contributed by atoms with Crippen LogP contribution < -0.4 is 0 Å². The summed E-state index contributed by atoms with van der Waals surface area (Å²) in [6, 6.07) is 0. The van der Waals surface area contributed by atoms with Crippen molar-refractivity contribution >= 4 is 0 Å². The van der Waals surface area contributed by atoms with E-state index in [4.69, 9.17) is 28.4 Å². The van der Waals surface area contributed by atoms with Gasteiger partial charge in [0.25, 0.3) is 0 Å². The maximum Gasteiger partial charge on any atom is 0.190 e. The zero-order valence-corrected chi connectivity index (χ0v) is 15.1. The van der Waals surface area contributed by atoms with Crippen molar-refractivity contribution < 1.29 is 28.4 Å². The first-order valence-electron chi connectivity index (χ1n) is 10.1. The second-order valence-electron chi connectivity index (χ2n) is 8.28. The predicted molar refractivity (Wildman–Crippen MR) is 87.9 cm³/mol. The van der Waals surface area contributed by atoms with Crippen molar-refractivity contribution in [1.29, 1.82) is 0 Å². The van der Waals surface area contributed by atoms with E-state index in [1.54, 1.807) is 7.11 Å². The molecule has 5 rings (SSSR count). The van der Waals surface area contributed by atoms with Crippen LogP contribution in [0, 0.1) is 0 Å². The molecule has 0 N–H and O–H groups in total. The number of fused-ring (bicyclic) bond motifs is 1. The Kier molecular flexibility index (Phi) is 4.34. The molecule has 0 radical (unpaired) electrons. The van der Waals surface area contributed by atoms with E-state index in [0.717, 1.165) is 38.5 Å². The molecule has 0 bridgehead atoms. The van der Waals surface area contributed by atoms with Crippen molar-refractivity contribution in [3.8, 4) is 0 Å². The smallest absolute Gasteiger partial charge is 0.190 e. The summed E-state index contributed by atoms with van der Waals surface area (Å²) >= 11 is 0. The maximum atomic E-state index is 6.38. The highest BCUT2D eigenvalue weighted by Gasteiger charge is 2.61. The predicted octanol–water partition coefficient (Wildman–Crippen LogP) is 2.88. The summed E-state index contributed by atoms with van der Waals surface area (Å²) in [5.74, 6) is -0.846. The minimum Gasteiger partial charge on any atom is -0.376 e. The van der Waals surface area contributed by atoms with Gasteiger partial charge in [0.15, 0.2) is 17.9 Å². The van der Waals surface area contributed by atoms with Crippen LogP contribution in [0.5, 0.6) is 0 Å². The van der Waals surface area contributed by atoms with Crippen LogP contribution in [0.3, 0.4) is 0 Å². The molecule has 0 unspecified atom stereocenters. The normalized spacial score (nSPS) is 45.2. The molecule has 0 aromatic heterocycles. The van der Waals surface area contributed by atoms with Gasteiger partial charge in [-0.2, -0.15) is 0 Å². The number of rotatable bonds is 2. The fourth-order valence-electron chi connectivity index (χ4n) is 5.34. The van der Waals surface area contributed by atoms with Gasteiger partial charge in [-0.15, -0.1) is 0 Å². The molecule has 142 valence electrons. The highest BCUT2D eigenvalue weighted by molar-refractivity contribution is 5.01. The van der Waals surface area contributed by atoms with Crippen molar-refractivity contribution in [3.05, 3.63) is 0 Å². The molecular weight excluding hydrogens is 324 g/mol. The van der Waals surface area contributed by atoms with Gasteiger partial charge in [0.05, 0.1) is 6.61 Å². The minimum absolute atomic E-state index is 0.108. The standard InChI is InChI=1S/C19H30O6/c1-20-15-14(13-12-21-18(23-13)8-4-2-5-9-18)22-17-16(15)24-19(25-17)10-6-3-7-11-19/h13-17H,2-12H2,1H3/t13-,14-,15+,16+,17-/m0/s1. The van der Waals surface area contributed by atoms with Crippen LogP contribution in [-0.4, -0.2) is 56.0 Å². The Morgan fingerprint density at radius 1 is 0.760 bits per heavy atom. The molecule has 0 aromatic carbocycles. The largest absolute Gasteiger partial charge is 0.376 e. The average molecular weight is 354 g/mol. The molecule has 3 heterocycles. The summed E-state index contributed by atoms with van der Waals surface area (Å²) in [6.07, 6.45) is 10.1. The lowest BCUT2D eigenvalue weighted by molar-refractivity contribution is -0.261. The summed E-state index contributed by atoms with van der Waals surface area (Å²) in [5, 5.41) is 0. The average Bonchev–Trinajstić information content (AvgIpc) is 3.27. The Morgan fingerprint density at radius 2 is 1.44 bits per heavy atom. The molecule has 2 saturated carbocycles. The highest BCUT2D eigenvalue weighted by atomic mass is 16.8. The molecule has 5 atom stereocenters. The van der Waals surface area contributed by atoms with Crippen molar-refractivity contribution in [2.75, 3.05) is 13.7 Å². The SMILES string of the molecule is CO[C@@H]1[C@H]([C@@H]2COC3(CCCCC3)O2)O[C@H]2OC3(CCCCC3)O[C@@H]21. The molecule has 2 aliphatic carbocycles. The van der Waals surface area contributed by atoms with Gasteiger partial charge >= 0.3 is 0 Å². The van der Waals surface area contributed by atoms with E-state index in [-0.39, 0.29) is 30.7 Å². The minimum atomic E-state index is -0.451. The molecule has 2 spiro atoms. The Balaban J connectivity index is 1.27. The van der Waals surface area contributed by atoms with Crippen molar-refractivity contribution in [2.45, 2.75) is 106 Å². The lowest BCUT2D eigenvalue weighted by atomic mass is 9.94. The first kappa shape index (κ1) is 16.9. The van der Waals surface area contributed by atoms with E-state index in [9.17, 15) is 0 Å². The van der Waals surface area contributed by atoms with E-state index in [2.05, 4.69) is 0 Å². The van der Waals surface area contributed by atoms with Gasteiger partial charge in [0.1, 0.15) is 24.4 Å². The van der Waals surface area contributed by atoms with Gasteiger partial charge in [0.2, 0.25) is 0 Å². The third-order valence-corrected chi connectivity index (χ3v) is 6.64. The molecule has 5 aliphatic rings. The lowest BCUT2D eigenvalue weighted by Crippen LogP contribution is -2.45. The zero-order chi connectivity index (χ0) is 16.9. The number of hydrogen-bond donors (Lipinski definition) is 0. The third-order valence-electron chi connectivity index (χ3n) is 6.64. The van der Waals surface area contributed by atoms with Gasteiger partial charge in [-0.1, -0.05) is 12.8 Å². The van der Waals surface area contributed by atoms with Gasteiger partial charge < -0.3 is 28.4 Å². The number of methoxy groups -OCH3 is 1. The fourth-order valence-corrected chi connectivity index (χ4v) is 5.34. The highest BCUT2D eigenvalue weighted by Crippen LogP contribution is 2.48. The summed E-state index contributed by atoms with van der Waals surface area (Å²) in [7, 11) is 1.73. The number of ether oxygens (including phenoxy) is 6. The van der Waals surface area contributed by atoms with E-state index in [1.165, 1.54) is 25.7 Å². The van der Waals surface area contributed by atoms with Gasteiger partial charge in [-0.05, 0) is 25.7 Å². The van der Waals surface area contributed by atoms with Crippen LogP contribution >= 0.6 is 0 Å². The molecule has 6 heteroatoms.